The van der Waals surface area contributed by atoms with E-state index < -0.39 is 0 Å². The summed E-state index contributed by atoms with van der Waals surface area (Å²) in [6.45, 7) is 0.781. The van der Waals surface area contributed by atoms with Gasteiger partial charge in [0, 0.05) is 6.54 Å². The topological polar surface area (TPSA) is 56.1 Å². The van der Waals surface area contributed by atoms with Crippen LogP contribution in [0.4, 0.5) is 4.79 Å². The number of thiol groups is 1. The van der Waals surface area contributed by atoms with E-state index in [1.807, 2.05) is 36.4 Å². The summed E-state index contributed by atoms with van der Waals surface area (Å²) < 4.78 is 1.28. The highest BCUT2D eigenvalue weighted by Crippen LogP contribution is 2.06. The summed E-state index contributed by atoms with van der Waals surface area (Å²) in [4.78, 5) is 11.5. The number of amides is 2. The highest BCUT2D eigenvalue weighted by atomic mass is 32.1. The highest BCUT2D eigenvalue weighted by Gasteiger charge is 2.08. The van der Waals surface area contributed by atoms with Crippen LogP contribution >= 0.6 is 12.8 Å². The van der Waals surface area contributed by atoms with Gasteiger partial charge in [0.1, 0.15) is 0 Å². The van der Waals surface area contributed by atoms with E-state index in [9.17, 15) is 4.79 Å². The summed E-state index contributed by atoms with van der Waals surface area (Å²) in [7, 11) is 0. The van der Waals surface area contributed by atoms with Gasteiger partial charge < -0.3 is 5.32 Å². The van der Waals surface area contributed by atoms with Crippen molar-refractivity contribution < 1.29 is 4.79 Å². The molecular weight excluding hydrogens is 222 g/mol. The molecular formula is C11H13N3OS. The Morgan fingerprint density at radius 2 is 2.12 bits per heavy atom. The van der Waals surface area contributed by atoms with E-state index in [2.05, 4.69) is 18.1 Å². The number of nitrogens with one attached hydrogen (secondary N) is 1. The Morgan fingerprint density at radius 3 is 2.75 bits per heavy atom. The molecule has 0 saturated carbocycles. The van der Waals surface area contributed by atoms with Gasteiger partial charge in [0.15, 0.2) is 0 Å². The number of benzene rings is 1. The average molecular weight is 235 g/mol. The first-order valence-electron chi connectivity index (χ1n) is 4.89. The molecule has 5 heteroatoms. The molecule has 0 unspecified atom stereocenters. The smallest absolute Gasteiger partial charge is 0.327 e. The van der Waals surface area contributed by atoms with Crippen molar-refractivity contribution >= 4 is 18.8 Å². The third-order valence-electron chi connectivity index (χ3n) is 1.92. The van der Waals surface area contributed by atoms with Crippen molar-refractivity contribution in [2.45, 2.75) is 13.0 Å². The monoisotopic (exact) mass is 235 g/mol. The quantitative estimate of drug-likeness (QED) is 0.619. The van der Waals surface area contributed by atoms with Crippen molar-refractivity contribution in [2.75, 3.05) is 6.54 Å². The van der Waals surface area contributed by atoms with Gasteiger partial charge in [-0.25, -0.2) is 4.79 Å². The molecule has 1 aromatic carbocycles. The zero-order valence-electron chi connectivity index (χ0n) is 8.76. The van der Waals surface area contributed by atoms with Gasteiger partial charge in [-0.2, -0.15) is 5.26 Å². The lowest BCUT2D eigenvalue weighted by molar-refractivity contribution is 0.225. The molecule has 0 aliphatic rings. The number of carbonyl (C=O) groups is 1. The molecule has 1 aromatic rings. The molecule has 16 heavy (non-hydrogen) atoms. The average Bonchev–Trinajstić information content (AvgIpc) is 2.30. The van der Waals surface area contributed by atoms with E-state index in [1.54, 1.807) is 0 Å². The second-order valence-electron chi connectivity index (χ2n) is 3.18. The van der Waals surface area contributed by atoms with E-state index in [1.165, 1.54) is 4.31 Å². The molecule has 0 aromatic heterocycles. The number of carbonyl (C=O) groups excluding carboxylic acids is 1. The number of rotatable bonds is 4. The predicted octanol–water partition coefficient (Wildman–Crippen LogP) is 1.96. The van der Waals surface area contributed by atoms with E-state index in [4.69, 9.17) is 5.26 Å². The van der Waals surface area contributed by atoms with Crippen LogP contribution in [0, 0.1) is 11.3 Å². The summed E-state index contributed by atoms with van der Waals surface area (Å²) >= 11 is 4.08. The summed E-state index contributed by atoms with van der Waals surface area (Å²) in [5.74, 6) is 0. The van der Waals surface area contributed by atoms with Crippen molar-refractivity contribution in [1.29, 1.82) is 5.26 Å². The molecule has 4 nitrogen and oxygen atoms in total. The van der Waals surface area contributed by atoms with Crippen molar-refractivity contribution in [3.63, 3.8) is 0 Å². The maximum absolute atomic E-state index is 11.5. The minimum absolute atomic E-state index is 0.289. The Kier molecular flexibility index (Phi) is 5.23. The van der Waals surface area contributed by atoms with Crippen LogP contribution in [0.3, 0.4) is 0 Å². The largest absolute Gasteiger partial charge is 0.336 e. The number of urea groups is 1. The number of nitrogens with zero attached hydrogens (tertiary/aromatic N) is 2. The third kappa shape index (κ3) is 4.24. The molecule has 84 valence electrons. The molecule has 1 rings (SSSR count). The normalized spacial score (nSPS) is 9.25. The van der Waals surface area contributed by atoms with E-state index in [-0.39, 0.29) is 6.03 Å². The van der Waals surface area contributed by atoms with Crippen LogP contribution in [0.15, 0.2) is 30.3 Å². The van der Waals surface area contributed by atoms with Crippen LogP contribution in [-0.4, -0.2) is 16.9 Å². The van der Waals surface area contributed by atoms with E-state index in [0.29, 0.717) is 19.5 Å². The summed E-state index contributed by atoms with van der Waals surface area (Å²) in [5, 5.41) is 10.9. The van der Waals surface area contributed by atoms with Crippen LogP contribution in [-0.2, 0) is 6.54 Å². The molecule has 2 amide bonds. The maximum atomic E-state index is 11.5. The third-order valence-corrected chi connectivity index (χ3v) is 2.25. The van der Waals surface area contributed by atoms with Crippen molar-refractivity contribution in [3.8, 4) is 6.07 Å². The van der Waals surface area contributed by atoms with Gasteiger partial charge in [-0.1, -0.05) is 43.1 Å². The number of hydrogen-bond acceptors (Lipinski definition) is 3. The fourth-order valence-corrected chi connectivity index (χ4v) is 1.38. The number of nitriles is 1. The maximum Gasteiger partial charge on any atom is 0.327 e. The first-order chi connectivity index (χ1) is 7.74. The van der Waals surface area contributed by atoms with Gasteiger partial charge in [-0.3, -0.25) is 4.31 Å². The molecule has 0 aliphatic heterocycles. The van der Waals surface area contributed by atoms with Gasteiger partial charge in [-0.05, 0) is 5.56 Å². The van der Waals surface area contributed by atoms with Crippen LogP contribution in [0.2, 0.25) is 0 Å². The van der Waals surface area contributed by atoms with Crippen LogP contribution in [0.1, 0.15) is 12.0 Å². The predicted molar refractivity (Wildman–Crippen MR) is 64.6 cm³/mol. The Hall–Kier alpha value is -1.67. The second kappa shape index (κ2) is 6.75. The summed E-state index contributed by atoms with van der Waals surface area (Å²) in [6, 6.07) is 11.2. The standard InChI is InChI=1S/C11H13N3OS/c12-7-4-8-13-11(15)14(16)9-10-5-2-1-3-6-10/h1-3,5-6,16H,4,8-9H2,(H,13,15). The Balaban J connectivity index is 2.38. The molecule has 1 N–H and O–H groups in total. The molecule has 0 bridgehead atoms. The minimum Gasteiger partial charge on any atom is -0.336 e. The summed E-state index contributed by atoms with van der Waals surface area (Å²) in [6.07, 6.45) is 0.304. The van der Waals surface area contributed by atoms with E-state index >= 15 is 0 Å². The van der Waals surface area contributed by atoms with Crippen LogP contribution in [0.5, 0.6) is 0 Å². The molecule has 0 atom stereocenters. The second-order valence-corrected chi connectivity index (χ2v) is 3.67. The van der Waals surface area contributed by atoms with Crippen molar-refractivity contribution in [3.05, 3.63) is 35.9 Å². The zero-order valence-corrected chi connectivity index (χ0v) is 9.65. The first-order valence-corrected chi connectivity index (χ1v) is 5.29. The lowest BCUT2D eigenvalue weighted by Gasteiger charge is -2.15. The van der Waals surface area contributed by atoms with Gasteiger partial charge >= 0.3 is 6.03 Å². The Morgan fingerprint density at radius 1 is 1.44 bits per heavy atom. The Bertz CT molecular complexity index is 375. The van der Waals surface area contributed by atoms with Crippen LogP contribution in [0.25, 0.3) is 0 Å². The number of hydrogen-bond donors (Lipinski definition) is 2. The lowest BCUT2D eigenvalue weighted by atomic mass is 10.2. The molecule has 0 heterocycles. The zero-order chi connectivity index (χ0) is 11.8. The molecule has 0 radical (unpaired) electrons. The van der Waals surface area contributed by atoms with Crippen molar-refractivity contribution in [2.24, 2.45) is 0 Å². The molecule has 0 saturated heterocycles. The molecule has 0 spiro atoms. The van der Waals surface area contributed by atoms with Crippen LogP contribution < -0.4 is 5.32 Å². The SMILES string of the molecule is N#CCCNC(=O)N(S)Cc1ccccc1. The van der Waals surface area contributed by atoms with Gasteiger partial charge in [0.25, 0.3) is 0 Å². The van der Waals surface area contributed by atoms with Gasteiger partial charge in [0.05, 0.1) is 19.0 Å². The fourth-order valence-electron chi connectivity index (χ4n) is 1.14. The van der Waals surface area contributed by atoms with Crippen molar-refractivity contribution in [1.82, 2.24) is 9.62 Å². The minimum atomic E-state index is -0.289. The van der Waals surface area contributed by atoms with Gasteiger partial charge in [0.2, 0.25) is 0 Å². The Labute approximate surface area is 100 Å². The van der Waals surface area contributed by atoms with Gasteiger partial charge in [-0.15, -0.1) is 0 Å². The fraction of sp³-hybridized carbons (Fsp3) is 0.273. The highest BCUT2D eigenvalue weighted by molar-refractivity contribution is 7.78. The van der Waals surface area contributed by atoms with E-state index in [0.717, 1.165) is 5.56 Å². The molecule has 0 fully saturated rings. The molecule has 0 aliphatic carbocycles. The summed E-state index contributed by atoms with van der Waals surface area (Å²) in [5.41, 5.74) is 1.01. The first kappa shape index (κ1) is 12.4. The lowest BCUT2D eigenvalue weighted by Crippen LogP contribution is -2.34.